The highest BCUT2D eigenvalue weighted by Crippen LogP contribution is 2.37. The lowest BCUT2D eigenvalue weighted by Gasteiger charge is -2.26. The molecule has 1 unspecified atom stereocenters. The molecule has 0 heterocycles. The zero-order chi connectivity index (χ0) is 9.41. The maximum atomic E-state index is 12.7. The number of alkyl halides is 2. The first-order valence-electron chi connectivity index (χ1n) is 3.41. The van der Waals surface area contributed by atoms with E-state index in [1.165, 1.54) is 6.08 Å². The van der Waals surface area contributed by atoms with Crippen LogP contribution in [0.5, 0.6) is 0 Å². The first-order chi connectivity index (χ1) is 5.40. The molecule has 0 aliphatic heterocycles. The predicted octanol–water partition coefficient (Wildman–Crippen LogP) is 0.787. The summed E-state index contributed by atoms with van der Waals surface area (Å²) < 4.78 is 25.5. The van der Waals surface area contributed by atoms with Crippen LogP contribution in [0.2, 0.25) is 0 Å². The van der Waals surface area contributed by atoms with Crippen molar-refractivity contribution in [1.82, 2.24) is 0 Å². The molecular weight excluding hydrogens is 170 g/mol. The van der Waals surface area contributed by atoms with Crippen LogP contribution in [-0.4, -0.2) is 27.7 Å². The molecule has 68 valence electrons. The second-order valence-electron chi connectivity index (χ2n) is 2.74. The maximum Gasteiger partial charge on any atom is 0.378 e. The number of hydrogen-bond acceptors (Lipinski definition) is 2. The van der Waals surface area contributed by atoms with Crippen LogP contribution in [0.3, 0.4) is 0 Å². The van der Waals surface area contributed by atoms with Gasteiger partial charge in [0, 0.05) is 0 Å². The number of aliphatic carboxylic acids is 1. The van der Waals surface area contributed by atoms with Crippen LogP contribution >= 0.6 is 0 Å². The van der Waals surface area contributed by atoms with Gasteiger partial charge in [0.25, 0.3) is 0 Å². The zero-order valence-corrected chi connectivity index (χ0v) is 6.13. The summed E-state index contributed by atoms with van der Waals surface area (Å²) in [5, 5.41) is 17.3. The molecule has 0 aromatic rings. The molecule has 0 bridgehead atoms. The van der Waals surface area contributed by atoms with Crippen LogP contribution in [0.1, 0.15) is 12.8 Å². The summed E-state index contributed by atoms with van der Waals surface area (Å²) in [6, 6.07) is 0. The van der Waals surface area contributed by atoms with Crippen molar-refractivity contribution in [3.63, 3.8) is 0 Å². The van der Waals surface area contributed by atoms with E-state index in [-0.39, 0.29) is 12.8 Å². The van der Waals surface area contributed by atoms with Gasteiger partial charge < -0.3 is 10.2 Å². The highest BCUT2D eigenvalue weighted by Gasteiger charge is 2.58. The van der Waals surface area contributed by atoms with E-state index in [0.717, 1.165) is 6.08 Å². The molecule has 0 saturated heterocycles. The van der Waals surface area contributed by atoms with Crippen LogP contribution in [0.25, 0.3) is 0 Å². The molecule has 0 amide bonds. The Morgan fingerprint density at radius 3 is 2.50 bits per heavy atom. The van der Waals surface area contributed by atoms with E-state index < -0.39 is 17.5 Å². The highest BCUT2D eigenvalue weighted by molar-refractivity contribution is 5.77. The van der Waals surface area contributed by atoms with Crippen molar-refractivity contribution in [3.8, 4) is 0 Å². The molecule has 12 heavy (non-hydrogen) atoms. The summed E-state index contributed by atoms with van der Waals surface area (Å²) >= 11 is 0. The van der Waals surface area contributed by atoms with Gasteiger partial charge in [-0.2, -0.15) is 8.78 Å². The van der Waals surface area contributed by atoms with Gasteiger partial charge in [0.1, 0.15) is 0 Å². The van der Waals surface area contributed by atoms with E-state index in [1.807, 2.05) is 0 Å². The number of halogens is 2. The molecule has 1 aliphatic carbocycles. The van der Waals surface area contributed by atoms with Crippen LogP contribution in [-0.2, 0) is 4.79 Å². The number of aliphatic hydroxyl groups is 1. The number of carbonyl (C=O) groups is 1. The normalized spacial score (nSPS) is 29.2. The molecule has 0 spiro atoms. The Kier molecular flexibility index (Phi) is 1.91. The minimum absolute atomic E-state index is 0.244. The van der Waals surface area contributed by atoms with Crippen LogP contribution in [0.4, 0.5) is 8.78 Å². The lowest BCUT2D eigenvalue weighted by Crippen LogP contribution is -2.50. The highest BCUT2D eigenvalue weighted by atomic mass is 19.3. The standard InChI is InChI=1S/C7H8F2O3/c8-7(9,5(10)11)6(12)3-1-2-4-6/h1,3,12H,2,4H2,(H,10,11). The van der Waals surface area contributed by atoms with Gasteiger partial charge in [-0.1, -0.05) is 12.2 Å². The molecule has 1 aliphatic rings. The second-order valence-corrected chi connectivity index (χ2v) is 2.74. The van der Waals surface area contributed by atoms with Gasteiger partial charge >= 0.3 is 11.9 Å². The zero-order valence-electron chi connectivity index (χ0n) is 6.13. The van der Waals surface area contributed by atoms with Crippen LogP contribution < -0.4 is 0 Å². The Morgan fingerprint density at radius 2 is 2.17 bits per heavy atom. The van der Waals surface area contributed by atoms with Crippen molar-refractivity contribution in [3.05, 3.63) is 12.2 Å². The Labute approximate surface area is 67.3 Å². The third-order valence-electron chi connectivity index (χ3n) is 1.90. The third kappa shape index (κ3) is 1.10. The molecule has 1 rings (SSSR count). The van der Waals surface area contributed by atoms with Crippen LogP contribution in [0, 0.1) is 0 Å². The lowest BCUT2D eigenvalue weighted by molar-refractivity contribution is -0.196. The SMILES string of the molecule is O=C(O)C(F)(F)C1(O)C=CCC1. The Balaban J connectivity index is 2.94. The maximum absolute atomic E-state index is 12.7. The fourth-order valence-corrected chi connectivity index (χ4v) is 1.11. The molecule has 5 heteroatoms. The molecule has 0 fully saturated rings. The molecule has 0 aromatic heterocycles. The summed E-state index contributed by atoms with van der Waals surface area (Å²) in [5.41, 5.74) is -2.50. The third-order valence-corrected chi connectivity index (χ3v) is 1.90. The van der Waals surface area contributed by atoms with Crippen molar-refractivity contribution < 1.29 is 23.8 Å². The summed E-state index contributed by atoms with van der Waals surface area (Å²) in [5.74, 6) is -6.39. The van der Waals surface area contributed by atoms with Crippen molar-refractivity contribution in [2.75, 3.05) is 0 Å². The monoisotopic (exact) mass is 178 g/mol. The van der Waals surface area contributed by atoms with E-state index in [0.29, 0.717) is 0 Å². The molecule has 1 atom stereocenters. The van der Waals surface area contributed by atoms with Gasteiger partial charge in [-0.05, 0) is 12.8 Å². The number of carboxylic acids is 1. The van der Waals surface area contributed by atoms with Crippen molar-refractivity contribution in [2.45, 2.75) is 24.4 Å². The molecule has 2 N–H and O–H groups in total. The van der Waals surface area contributed by atoms with E-state index in [4.69, 9.17) is 5.11 Å². The summed E-state index contributed by atoms with van der Waals surface area (Å²) in [6.07, 6.45) is 2.23. The average molecular weight is 178 g/mol. The minimum atomic E-state index is -4.10. The summed E-state index contributed by atoms with van der Waals surface area (Å²) in [6.45, 7) is 0. The largest absolute Gasteiger partial charge is 0.477 e. The quantitative estimate of drug-likeness (QED) is 0.614. The van der Waals surface area contributed by atoms with Gasteiger partial charge in [0.05, 0.1) is 0 Å². The van der Waals surface area contributed by atoms with Crippen LogP contribution in [0.15, 0.2) is 12.2 Å². The Hall–Kier alpha value is -0.970. The molecule has 0 aromatic carbocycles. The van der Waals surface area contributed by atoms with E-state index in [1.54, 1.807) is 0 Å². The first kappa shape index (κ1) is 9.12. The molecule has 0 saturated carbocycles. The fourth-order valence-electron chi connectivity index (χ4n) is 1.11. The summed E-state index contributed by atoms with van der Waals surface area (Å²) in [4.78, 5) is 10.1. The van der Waals surface area contributed by atoms with Crippen molar-refractivity contribution in [2.24, 2.45) is 0 Å². The van der Waals surface area contributed by atoms with Gasteiger partial charge in [-0.25, -0.2) is 4.79 Å². The van der Waals surface area contributed by atoms with Gasteiger partial charge in [-0.3, -0.25) is 0 Å². The average Bonchev–Trinajstić information content (AvgIpc) is 2.37. The second kappa shape index (κ2) is 2.52. The molecule has 3 nitrogen and oxygen atoms in total. The number of rotatable bonds is 2. The van der Waals surface area contributed by atoms with Gasteiger partial charge in [0.2, 0.25) is 0 Å². The van der Waals surface area contributed by atoms with E-state index in [2.05, 4.69) is 0 Å². The summed E-state index contributed by atoms with van der Waals surface area (Å²) in [7, 11) is 0. The lowest BCUT2D eigenvalue weighted by atomic mass is 9.95. The first-order valence-corrected chi connectivity index (χ1v) is 3.41. The van der Waals surface area contributed by atoms with Crippen molar-refractivity contribution in [1.29, 1.82) is 0 Å². The number of allylic oxidation sites excluding steroid dienone is 1. The van der Waals surface area contributed by atoms with Crippen molar-refractivity contribution >= 4 is 5.97 Å². The predicted molar refractivity (Wildman–Crippen MR) is 35.9 cm³/mol. The minimum Gasteiger partial charge on any atom is -0.477 e. The van der Waals surface area contributed by atoms with E-state index >= 15 is 0 Å². The van der Waals surface area contributed by atoms with E-state index in [9.17, 15) is 18.7 Å². The Bertz CT molecular complexity index is 234. The smallest absolute Gasteiger partial charge is 0.378 e. The molecule has 0 radical (unpaired) electrons. The van der Waals surface area contributed by atoms with Gasteiger partial charge in [0.15, 0.2) is 5.60 Å². The van der Waals surface area contributed by atoms with Gasteiger partial charge in [-0.15, -0.1) is 0 Å². The fraction of sp³-hybridized carbons (Fsp3) is 0.571. The molecular formula is C7H8F2O3. The topological polar surface area (TPSA) is 57.5 Å². The number of hydrogen-bond donors (Lipinski definition) is 2. The number of carboxylic acid groups (broad SMARTS) is 1. The Morgan fingerprint density at radius 1 is 1.58 bits per heavy atom.